The first kappa shape index (κ1) is 17.4. The summed E-state index contributed by atoms with van der Waals surface area (Å²) < 4.78 is 4.43. The van der Waals surface area contributed by atoms with Crippen LogP contribution in [0.1, 0.15) is 0 Å². The van der Waals surface area contributed by atoms with Crippen LogP contribution >= 0.6 is 27.7 Å². The van der Waals surface area contributed by atoms with Crippen LogP contribution in [0, 0.1) is 10.1 Å². The van der Waals surface area contributed by atoms with Gasteiger partial charge < -0.3 is 0 Å². The summed E-state index contributed by atoms with van der Waals surface area (Å²) in [6, 6.07) is 7.80. The molecule has 0 bridgehead atoms. The SMILES string of the molecule is C=CCn1c(SCn2cc([N+](=O)[O-])cn2)nnc1-c1ccc(Br)cc1. The highest BCUT2D eigenvalue weighted by molar-refractivity contribution is 9.10. The minimum absolute atomic E-state index is 0.0382. The number of thioether (sulfide) groups is 1. The summed E-state index contributed by atoms with van der Waals surface area (Å²) in [6.45, 7) is 4.34. The van der Waals surface area contributed by atoms with Gasteiger partial charge in [-0.25, -0.2) is 0 Å². The maximum absolute atomic E-state index is 10.7. The Bertz CT molecular complexity index is 905. The lowest BCUT2D eigenvalue weighted by Gasteiger charge is -2.07. The Labute approximate surface area is 155 Å². The summed E-state index contributed by atoms with van der Waals surface area (Å²) in [5.74, 6) is 1.13. The van der Waals surface area contributed by atoms with Gasteiger partial charge in [0.25, 0.3) is 0 Å². The molecule has 0 radical (unpaired) electrons. The highest BCUT2D eigenvalue weighted by atomic mass is 79.9. The molecule has 0 saturated heterocycles. The first-order chi connectivity index (χ1) is 12.1. The molecular formula is C15H13BrN6O2S. The lowest BCUT2D eigenvalue weighted by atomic mass is 10.2. The molecule has 0 fully saturated rings. The van der Waals surface area contributed by atoms with E-state index in [2.05, 4.69) is 37.8 Å². The largest absolute Gasteiger partial charge is 0.307 e. The number of rotatable bonds is 7. The van der Waals surface area contributed by atoms with Gasteiger partial charge in [-0.2, -0.15) is 5.10 Å². The number of hydrogen-bond acceptors (Lipinski definition) is 6. The van der Waals surface area contributed by atoms with Crippen LogP contribution in [0.4, 0.5) is 5.69 Å². The van der Waals surface area contributed by atoms with Crippen LogP contribution in [0.2, 0.25) is 0 Å². The third-order valence-electron chi connectivity index (χ3n) is 3.29. The average Bonchev–Trinajstić information content (AvgIpc) is 3.21. The fourth-order valence-corrected chi connectivity index (χ4v) is 3.21. The Morgan fingerprint density at radius 3 is 2.72 bits per heavy atom. The van der Waals surface area contributed by atoms with E-state index in [0.717, 1.165) is 15.9 Å². The molecule has 8 nitrogen and oxygen atoms in total. The third kappa shape index (κ3) is 3.97. The molecule has 3 rings (SSSR count). The van der Waals surface area contributed by atoms with Crippen LogP contribution < -0.4 is 0 Å². The van der Waals surface area contributed by atoms with Crippen molar-refractivity contribution in [2.45, 2.75) is 17.6 Å². The molecule has 1 aromatic carbocycles. The van der Waals surface area contributed by atoms with Gasteiger partial charge in [0.15, 0.2) is 11.0 Å². The van der Waals surface area contributed by atoms with Crippen LogP contribution in [0.25, 0.3) is 11.4 Å². The van der Waals surface area contributed by atoms with E-state index in [-0.39, 0.29) is 5.69 Å². The van der Waals surface area contributed by atoms with E-state index in [0.29, 0.717) is 17.6 Å². The van der Waals surface area contributed by atoms with E-state index in [4.69, 9.17) is 0 Å². The highest BCUT2D eigenvalue weighted by Gasteiger charge is 2.15. The third-order valence-corrected chi connectivity index (χ3v) is 4.77. The quantitative estimate of drug-likeness (QED) is 0.250. The van der Waals surface area contributed by atoms with Gasteiger partial charge in [-0.1, -0.05) is 45.9 Å². The van der Waals surface area contributed by atoms with E-state index in [1.54, 1.807) is 6.08 Å². The molecule has 0 aliphatic rings. The molecule has 0 aliphatic heterocycles. The number of benzene rings is 1. The first-order valence-corrected chi connectivity index (χ1v) is 8.96. The van der Waals surface area contributed by atoms with E-state index >= 15 is 0 Å². The number of aromatic nitrogens is 5. The number of halogens is 1. The Morgan fingerprint density at radius 1 is 1.32 bits per heavy atom. The topological polar surface area (TPSA) is 91.7 Å². The first-order valence-electron chi connectivity index (χ1n) is 7.18. The zero-order valence-electron chi connectivity index (χ0n) is 12.9. The maximum Gasteiger partial charge on any atom is 0.307 e. The van der Waals surface area contributed by atoms with Crippen molar-refractivity contribution in [1.82, 2.24) is 24.5 Å². The van der Waals surface area contributed by atoms with Crippen molar-refractivity contribution in [3.63, 3.8) is 0 Å². The van der Waals surface area contributed by atoms with Crippen molar-refractivity contribution in [2.75, 3.05) is 0 Å². The number of allylic oxidation sites excluding steroid dienone is 1. The van der Waals surface area contributed by atoms with Crippen LogP contribution in [0.15, 0.2) is 58.9 Å². The van der Waals surface area contributed by atoms with Gasteiger partial charge in [-0.15, -0.1) is 16.8 Å². The van der Waals surface area contributed by atoms with E-state index in [1.165, 1.54) is 28.8 Å². The normalized spacial score (nSPS) is 10.8. The summed E-state index contributed by atoms with van der Waals surface area (Å²) in [6.07, 6.45) is 4.38. The zero-order valence-corrected chi connectivity index (χ0v) is 15.4. The summed E-state index contributed by atoms with van der Waals surface area (Å²) >= 11 is 4.81. The number of hydrogen-bond donors (Lipinski definition) is 0. The van der Waals surface area contributed by atoms with Crippen molar-refractivity contribution >= 4 is 33.4 Å². The molecule has 10 heteroatoms. The van der Waals surface area contributed by atoms with E-state index < -0.39 is 4.92 Å². The Hall–Kier alpha value is -2.46. The van der Waals surface area contributed by atoms with Crippen molar-refractivity contribution in [2.24, 2.45) is 0 Å². The molecule has 2 heterocycles. The molecule has 0 saturated carbocycles. The molecule has 128 valence electrons. The minimum atomic E-state index is -0.472. The average molecular weight is 421 g/mol. The summed E-state index contributed by atoms with van der Waals surface area (Å²) in [4.78, 5) is 10.2. The minimum Gasteiger partial charge on any atom is -0.298 e. The molecule has 0 spiro atoms. The molecule has 0 atom stereocenters. The van der Waals surface area contributed by atoms with Gasteiger partial charge in [0.1, 0.15) is 12.4 Å². The van der Waals surface area contributed by atoms with Crippen molar-refractivity contribution in [3.8, 4) is 11.4 Å². The maximum atomic E-state index is 10.7. The fourth-order valence-electron chi connectivity index (χ4n) is 2.14. The highest BCUT2D eigenvalue weighted by Crippen LogP contribution is 2.26. The lowest BCUT2D eigenvalue weighted by molar-refractivity contribution is -0.385. The van der Waals surface area contributed by atoms with E-state index in [9.17, 15) is 10.1 Å². The Balaban J connectivity index is 1.82. The molecule has 2 aromatic heterocycles. The second-order valence-corrected chi connectivity index (χ2v) is 6.81. The van der Waals surface area contributed by atoms with Gasteiger partial charge in [0.05, 0.1) is 10.8 Å². The number of nitrogens with zero attached hydrogens (tertiary/aromatic N) is 6. The summed E-state index contributed by atoms with van der Waals surface area (Å²) in [5, 5.41) is 23.9. The van der Waals surface area contributed by atoms with Crippen LogP contribution in [0.3, 0.4) is 0 Å². The standard InChI is InChI=1S/C15H13BrN6O2S/c1-2-7-21-14(11-3-5-12(16)6-4-11)18-19-15(21)25-10-20-9-13(8-17-20)22(23)24/h2-6,8-9H,1,7,10H2. The predicted molar refractivity (Wildman–Crippen MR) is 98.1 cm³/mol. The molecule has 0 amide bonds. The van der Waals surface area contributed by atoms with Crippen LogP contribution in [-0.2, 0) is 12.4 Å². The van der Waals surface area contributed by atoms with E-state index in [1.807, 2.05) is 28.8 Å². The molecule has 3 aromatic rings. The summed E-state index contributed by atoms with van der Waals surface area (Å²) in [7, 11) is 0. The number of nitro groups is 1. The van der Waals surface area contributed by atoms with Crippen LogP contribution in [-0.4, -0.2) is 29.5 Å². The van der Waals surface area contributed by atoms with Gasteiger partial charge in [-0.3, -0.25) is 19.4 Å². The molecule has 0 aliphatic carbocycles. The van der Waals surface area contributed by atoms with Crippen molar-refractivity contribution in [3.05, 3.63) is 63.9 Å². The smallest absolute Gasteiger partial charge is 0.298 e. The van der Waals surface area contributed by atoms with Gasteiger partial charge in [0.2, 0.25) is 0 Å². The zero-order chi connectivity index (χ0) is 17.8. The Kier molecular flexibility index (Phi) is 5.29. The molecular weight excluding hydrogens is 408 g/mol. The lowest BCUT2D eigenvalue weighted by Crippen LogP contribution is -2.02. The van der Waals surface area contributed by atoms with Gasteiger partial charge >= 0.3 is 5.69 Å². The molecule has 25 heavy (non-hydrogen) atoms. The van der Waals surface area contributed by atoms with Crippen molar-refractivity contribution < 1.29 is 4.92 Å². The van der Waals surface area contributed by atoms with Gasteiger partial charge in [0, 0.05) is 16.6 Å². The summed E-state index contributed by atoms with van der Waals surface area (Å²) in [5.41, 5.74) is 0.905. The van der Waals surface area contributed by atoms with Crippen LogP contribution in [0.5, 0.6) is 0 Å². The predicted octanol–water partition coefficient (Wildman–Crippen LogP) is 3.75. The van der Waals surface area contributed by atoms with Gasteiger partial charge in [-0.05, 0) is 12.1 Å². The van der Waals surface area contributed by atoms with Crippen molar-refractivity contribution in [1.29, 1.82) is 0 Å². The monoisotopic (exact) mass is 420 g/mol. The Morgan fingerprint density at radius 2 is 2.08 bits per heavy atom. The fraction of sp³-hybridized carbons (Fsp3) is 0.133. The molecule has 0 unspecified atom stereocenters. The second kappa shape index (κ2) is 7.62. The molecule has 0 N–H and O–H groups in total. The second-order valence-electron chi connectivity index (χ2n) is 4.98.